The average Bonchev–Trinajstić information content (AvgIpc) is 2.72. The van der Waals surface area contributed by atoms with Crippen LogP contribution in [-0.4, -0.2) is 4.92 Å². The summed E-state index contributed by atoms with van der Waals surface area (Å²) in [4.78, 5) is 10.3. The predicted molar refractivity (Wildman–Crippen MR) is 111 cm³/mol. The van der Waals surface area contributed by atoms with E-state index in [0.29, 0.717) is 17.9 Å². The van der Waals surface area contributed by atoms with Gasteiger partial charge in [-0.1, -0.05) is 40.2 Å². The van der Waals surface area contributed by atoms with Gasteiger partial charge in [0.25, 0.3) is 5.69 Å². The summed E-state index contributed by atoms with van der Waals surface area (Å²) in [7, 11) is 0. The van der Waals surface area contributed by atoms with Gasteiger partial charge in [0.15, 0.2) is 0 Å². The molecule has 0 aliphatic rings. The molecule has 0 aliphatic heterocycles. The van der Waals surface area contributed by atoms with E-state index in [1.807, 2.05) is 54.6 Å². The lowest BCUT2D eigenvalue weighted by Crippen LogP contribution is -1.96. The molecule has 5 nitrogen and oxygen atoms in total. The molecule has 3 aromatic carbocycles. The van der Waals surface area contributed by atoms with Crippen LogP contribution in [0.3, 0.4) is 0 Å². The van der Waals surface area contributed by atoms with Gasteiger partial charge >= 0.3 is 0 Å². The maximum absolute atomic E-state index is 10.7. The monoisotopic (exact) mass is 434 g/mol. The van der Waals surface area contributed by atoms with Crippen molar-refractivity contribution in [2.75, 3.05) is 0 Å². The van der Waals surface area contributed by atoms with Gasteiger partial charge < -0.3 is 4.74 Å². The quantitative estimate of drug-likeness (QED) is 0.206. The first kappa shape index (κ1) is 19.3. The van der Waals surface area contributed by atoms with Gasteiger partial charge in [0, 0.05) is 16.6 Å². The van der Waals surface area contributed by atoms with Crippen molar-refractivity contribution >= 4 is 33.3 Å². The molecule has 0 spiro atoms. The third-order valence-corrected chi connectivity index (χ3v) is 4.53. The number of nitro groups is 1. The summed E-state index contributed by atoms with van der Waals surface area (Å²) in [6.45, 7) is 0.295. The van der Waals surface area contributed by atoms with Gasteiger partial charge in [0.1, 0.15) is 12.4 Å². The smallest absolute Gasteiger partial charge is 0.269 e. The molecule has 0 heterocycles. The Bertz CT molecular complexity index is 1050. The van der Waals surface area contributed by atoms with E-state index in [2.05, 4.69) is 22.0 Å². The molecule has 0 saturated heterocycles. The molecule has 0 aliphatic carbocycles. The number of nitro benzene ring substituents is 1. The molecule has 0 aromatic heterocycles. The second kappa shape index (κ2) is 8.98. The first-order valence-electron chi connectivity index (χ1n) is 8.39. The van der Waals surface area contributed by atoms with Crippen LogP contribution in [-0.2, 0) is 6.61 Å². The molecule has 0 bridgehead atoms. The Morgan fingerprint density at radius 2 is 1.82 bits per heavy atom. The SMILES string of the molecule is N#C/C(=C\c1cccc(OCc2ccc([N+](=O)[O-])cc2)c1)c1ccc(Br)cc1. The summed E-state index contributed by atoms with van der Waals surface area (Å²) in [6, 6.07) is 23.5. The number of nitriles is 1. The number of benzene rings is 3. The number of hydrogen-bond acceptors (Lipinski definition) is 4. The molecule has 3 aromatic rings. The highest BCUT2D eigenvalue weighted by Gasteiger charge is 2.05. The van der Waals surface area contributed by atoms with Crippen LogP contribution in [0.1, 0.15) is 16.7 Å². The fourth-order valence-corrected chi connectivity index (χ4v) is 2.82. The number of hydrogen-bond donors (Lipinski definition) is 0. The Morgan fingerprint density at radius 3 is 2.46 bits per heavy atom. The van der Waals surface area contributed by atoms with E-state index >= 15 is 0 Å². The zero-order valence-electron chi connectivity index (χ0n) is 14.7. The lowest BCUT2D eigenvalue weighted by Gasteiger charge is -2.07. The first-order valence-corrected chi connectivity index (χ1v) is 9.18. The van der Waals surface area contributed by atoms with E-state index in [4.69, 9.17) is 4.74 Å². The Kier molecular flexibility index (Phi) is 6.20. The fourth-order valence-electron chi connectivity index (χ4n) is 2.55. The van der Waals surface area contributed by atoms with Crippen LogP contribution < -0.4 is 4.74 Å². The number of rotatable bonds is 6. The molecule has 0 fully saturated rings. The molecule has 6 heteroatoms. The van der Waals surface area contributed by atoms with Gasteiger partial charge in [-0.05, 0) is 59.2 Å². The molecule has 0 radical (unpaired) electrons. The highest BCUT2D eigenvalue weighted by Crippen LogP contribution is 2.23. The molecule has 0 saturated carbocycles. The van der Waals surface area contributed by atoms with Crippen LogP contribution >= 0.6 is 15.9 Å². The van der Waals surface area contributed by atoms with Crippen LogP contribution in [0.4, 0.5) is 5.69 Å². The summed E-state index contributed by atoms with van der Waals surface area (Å²) >= 11 is 3.39. The van der Waals surface area contributed by atoms with E-state index in [1.54, 1.807) is 12.1 Å². The highest BCUT2D eigenvalue weighted by atomic mass is 79.9. The van der Waals surface area contributed by atoms with Crippen molar-refractivity contribution in [3.8, 4) is 11.8 Å². The maximum atomic E-state index is 10.7. The summed E-state index contributed by atoms with van der Waals surface area (Å²) < 4.78 is 6.74. The first-order chi connectivity index (χ1) is 13.5. The van der Waals surface area contributed by atoms with E-state index in [-0.39, 0.29) is 5.69 Å². The number of non-ortho nitro benzene ring substituents is 1. The van der Waals surface area contributed by atoms with Crippen molar-refractivity contribution in [3.63, 3.8) is 0 Å². The molecular weight excluding hydrogens is 420 g/mol. The van der Waals surface area contributed by atoms with Crippen molar-refractivity contribution < 1.29 is 9.66 Å². The number of allylic oxidation sites excluding steroid dienone is 1. The minimum atomic E-state index is -0.432. The van der Waals surface area contributed by atoms with E-state index in [1.165, 1.54) is 12.1 Å². The minimum absolute atomic E-state index is 0.0489. The van der Waals surface area contributed by atoms with Gasteiger partial charge in [-0.15, -0.1) is 0 Å². The maximum Gasteiger partial charge on any atom is 0.269 e. The van der Waals surface area contributed by atoms with Gasteiger partial charge in [0.05, 0.1) is 16.6 Å². The van der Waals surface area contributed by atoms with Gasteiger partial charge in [-0.2, -0.15) is 5.26 Å². The van der Waals surface area contributed by atoms with Gasteiger partial charge in [0.2, 0.25) is 0 Å². The van der Waals surface area contributed by atoms with Crippen molar-refractivity contribution in [3.05, 3.63) is 104 Å². The molecule has 3 rings (SSSR count). The van der Waals surface area contributed by atoms with E-state index < -0.39 is 4.92 Å². The Labute approximate surface area is 170 Å². The molecule has 0 atom stereocenters. The normalized spacial score (nSPS) is 10.9. The zero-order valence-corrected chi connectivity index (χ0v) is 16.3. The predicted octanol–water partition coefficient (Wildman–Crippen LogP) is 6.00. The summed E-state index contributed by atoms with van der Waals surface area (Å²) in [5.74, 6) is 0.653. The van der Waals surface area contributed by atoms with Crippen molar-refractivity contribution in [1.82, 2.24) is 0 Å². The van der Waals surface area contributed by atoms with Crippen molar-refractivity contribution in [1.29, 1.82) is 5.26 Å². The average molecular weight is 435 g/mol. The Morgan fingerprint density at radius 1 is 1.11 bits per heavy atom. The van der Waals surface area contributed by atoms with E-state index in [0.717, 1.165) is 21.2 Å². The van der Waals surface area contributed by atoms with Crippen molar-refractivity contribution in [2.45, 2.75) is 6.61 Å². The lowest BCUT2D eigenvalue weighted by molar-refractivity contribution is -0.384. The number of nitrogens with zero attached hydrogens (tertiary/aromatic N) is 2. The van der Waals surface area contributed by atoms with Crippen LogP contribution in [0, 0.1) is 21.4 Å². The topological polar surface area (TPSA) is 76.2 Å². The van der Waals surface area contributed by atoms with Gasteiger partial charge in [-0.25, -0.2) is 0 Å². The third kappa shape index (κ3) is 5.06. The molecule has 28 heavy (non-hydrogen) atoms. The largest absolute Gasteiger partial charge is 0.489 e. The highest BCUT2D eigenvalue weighted by molar-refractivity contribution is 9.10. The number of halogens is 1. The zero-order chi connectivity index (χ0) is 19.9. The number of ether oxygens (including phenoxy) is 1. The fraction of sp³-hybridized carbons (Fsp3) is 0.0455. The van der Waals surface area contributed by atoms with Crippen molar-refractivity contribution in [2.24, 2.45) is 0 Å². The standard InChI is InChI=1S/C22H15BrN2O3/c23-20-8-6-18(7-9-20)19(14-24)12-17-2-1-3-22(13-17)28-15-16-4-10-21(11-5-16)25(26)27/h1-13H,15H2/b19-12+. The van der Waals surface area contributed by atoms with E-state index in [9.17, 15) is 15.4 Å². The molecule has 0 N–H and O–H groups in total. The summed E-state index contributed by atoms with van der Waals surface area (Å²) in [6.07, 6.45) is 1.81. The second-order valence-electron chi connectivity index (χ2n) is 5.96. The second-order valence-corrected chi connectivity index (χ2v) is 6.88. The summed E-state index contributed by atoms with van der Waals surface area (Å²) in [5, 5.41) is 20.2. The molecule has 0 unspecified atom stereocenters. The molecule has 138 valence electrons. The lowest BCUT2D eigenvalue weighted by atomic mass is 10.0. The summed E-state index contributed by atoms with van der Waals surface area (Å²) in [5.41, 5.74) is 3.12. The Balaban J connectivity index is 1.73. The van der Waals surface area contributed by atoms with Crippen LogP contribution in [0.5, 0.6) is 5.75 Å². The minimum Gasteiger partial charge on any atom is -0.489 e. The Hall–Kier alpha value is -3.43. The molecule has 0 amide bonds. The van der Waals surface area contributed by atoms with Crippen LogP contribution in [0.15, 0.2) is 77.3 Å². The van der Waals surface area contributed by atoms with Crippen LogP contribution in [0.25, 0.3) is 11.6 Å². The van der Waals surface area contributed by atoms with Gasteiger partial charge in [-0.3, -0.25) is 10.1 Å². The van der Waals surface area contributed by atoms with Crippen LogP contribution in [0.2, 0.25) is 0 Å². The third-order valence-electron chi connectivity index (χ3n) is 4.00. The molecular formula is C22H15BrN2O3.